The first kappa shape index (κ1) is 25.5. The van der Waals surface area contributed by atoms with Crippen molar-refractivity contribution < 1.29 is 50.1 Å². The van der Waals surface area contributed by atoms with Crippen LogP contribution in [0.1, 0.15) is 6.42 Å². The minimum Gasteiger partial charge on any atom is -0.481 e. The summed E-state index contributed by atoms with van der Waals surface area (Å²) in [6.07, 6.45) is -6.67. The van der Waals surface area contributed by atoms with E-state index in [9.17, 15) is 34.8 Å². The number of aliphatic carboxylic acids is 2. The number of nitrogens with zero attached hydrogens (tertiary/aromatic N) is 2. The number of nitrogens with one attached hydrogen (secondary N) is 1. The maximum atomic E-state index is 12.0. The molecule has 1 amide bonds. The second-order valence-electron chi connectivity index (χ2n) is 6.04. The molecular formula is C14H26N4O10. The van der Waals surface area contributed by atoms with Crippen molar-refractivity contribution in [1.29, 1.82) is 5.41 Å². The van der Waals surface area contributed by atoms with E-state index in [1.54, 1.807) is 0 Å². The van der Waals surface area contributed by atoms with Crippen molar-refractivity contribution in [3.8, 4) is 0 Å². The van der Waals surface area contributed by atoms with Crippen LogP contribution < -0.4 is 5.73 Å². The summed E-state index contributed by atoms with van der Waals surface area (Å²) in [7, 11) is 1.44. The number of hydrogen-bond acceptors (Lipinski definition) is 9. The highest BCUT2D eigenvalue weighted by Gasteiger charge is 2.43. The van der Waals surface area contributed by atoms with Gasteiger partial charge in [-0.15, -0.1) is 0 Å². The molecule has 162 valence electrons. The van der Waals surface area contributed by atoms with Crippen molar-refractivity contribution in [3.05, 3.63) is 0 Å². The molecule has 0 saturated carbocycles. The molecule has 1 heterocycles. The number of carbonyl (C=O) groups excluding carboxylic acids is 1. The third-order valence-electron chi connectivity index (χ3n) is 3.87. The molecule has 0 radical (unpaired) electrons. The molecule has 0 aromatic heterocycles. The van der Waals surface area contributed by atoms with Gasteiger partial charge in [0.25, 0.3) is 0 Å². The highest BCUT2D eigenvalue weighted by molar-refractivity contribution is 5.84. The molecule has 1 aliphatic rings. The molecule has 1 saturated heterocycles. The number of aliphatic hydroxyl groups is 5. The van der Waals surface area contributed by atoms with Crippen molar-refractivity contribution in [1.82, 2.24) is 9.80 Å². The first-order valence-corrected chi connectivity index (χ1v) is 7.95. The Morgan fingerprint density at radius 3 is 2.11 bits per heavy atom. The first-order valence-electron chi connectivity index (χ1n) is 7.95. The Morgan fingerprint density at radius 1 is 1.21 bits per heavy atom. The van der Waals surface area contributed by atoms with Crippen LogP contribution in [0.4, 0.5) is 0 Å². The maximum Gasteiger partial charge on any atom is 0.333 e. The van der Waals surface area contributed by atoms with Crippen LogP contribution in [0.3, 0.4) is 0 Å². The number of amides is 1. The van der Waals surface area contributed by atoms with E-state index in [1.165, 1.54) is 11.9 Å². The average molecular weight is 410 g/mol. The number of carboxylic acid groups (broad SMARTS) is 2. The number of nitrogens with two attached hydrogens (primary N) is 1. The molecule has 28 heavy (non-hydrogen) atoms. The molecule has 14 nitrogen and oxygen atoms in total. The predicted molar refractivity (Wildman–Crippen MR) is 91.0 cm³/mol. The minimum atomic E-state index is -1.79. The molecule has 1 rings (SSSR count). The van der Waals surface area contributed by atoms with E-state index in [4.69, 9.17) is 26.5 Å². The van der Waals surface area contributed by atoms with Crippen LogP contribution >= 0.6 is 0 Å². The van der Waals surface area contributed by atoms with Crippen molar-refractivity contribution in [2.75, 3.05) is 26.7 Å². The monoisotopic (exact) mass is 410 g/mol. The second kappa shape index (κ2) is 11.4. The quantitative estimate of drug-likeness (QED) is 0.147. The Bertz CT molecular complexity index is 574. The van der Waals surface area contributed by atoms with E-state index in [-0.39, 0.29) is 19.0 Å². The van der Waals surface area contributed by atoms with Crippen LogP contribution in [-0.2, 0) is 14.4 Å². The van der Waals surface area contributed by atoms with Gasteiger partial charge in [-0.2, -0.15) is 0 Å². The van der Waals surface area contributed by atoms with E-state index in [0.717, 1.165) is 4.90 Å². The fourth-order valence-corrected chi connectivity index (χ4v) is 2.21. The molecule has 0 spiro atoms. The summed E-state index contributed by atoms with van der Waals surface area (Å²) in [6, 6.07) is -0.994. The van der Waals surface area contributed by atoms with Gasteiger partial charge >= 0.3 is 11.9 Å². The number of hydrogen-bond donors (Lipinski definition) is 9. The van der Waals surface area contributed by atoms with Crippen LogP contribution in [0.15, 0.2) is 0 Å². The number of piperidine rings is 1. The normalized spacial score (nSPS) is 25.1. The molecule has 10 N–H and O–H groups in total. The lowest BCUT2D eigenvalue weighted by Gasteiger charge is -2.43. The number of guanidine groups is 1. The van der Waals surface area contributed by atoms with Gasteiger partial charge in [0.05, 0.1) is 25.6 Å². The zero-order valence-corrected chi connectivity index (χ0v) is 15.0. The van der Waals surface area contributed by atoms with Gasteiger partial charge in [0.1, 0.15) is 18.3 Å². The highest BCUT2D eigenvalue weighted by Crippen LogP contribution is 2.19. The zero-order valence-electron chi connectivity index (χ0n) is 15.0. The molecule has 1 fully saturated rings. The van der Waals surface area contributed by atoms with Gasteiger partial charge < -0.3 is 51.3 Å². The summed E-state index contributed by atoms with van der Waals surface area (Å²) in [5.74, 6) is -3.66. The van der Waals surface area contributed by atoms with E-state index in [0.29, 0.717) is 0 Å². The van der Waals surface area contributed by atoms with Gasteiger partial charge in [-0.1, -0.05) is 0 Å². The fraction of sp³-hybridized carbons (Fsp3) is 0.714. The molecule has 0 aromatic rings. The second-order valence-corrected chi connectivity index (χ2v) is 6.04. The topological polar surface area (TPSA) is 249 Å². The molecule has 0 aliphatic carbocycles. The largest absolute Gasteiger partial charge is 0.481 e. The summed E-state index contributed by atoms with van der Waals surface area (Å²) in [5, 5.41) is 69.3. The maximum absolute atomic E-state index is 12.0. The smallest absolute Gasteiger partial charge is 0.333 e. The number of likely N-dealkylation sites (tertiary alicyclic amines) is 1. The third kappa shape index (κ3) is 7.61. The minimum absolute atomic E-state index is 0.200. The van der Waals surface area contributed by atoms with Gasteiger partial charge in [-0.05, 0) is 0 Å². The number of carboxylic acids is 2. The fourth-order valence-electron chi connectivity index (χ4n) is 2.21. The summed E-state index contributed by atoms with van der Waals surface area (Å²) in [4.78, 5) is 33.7. The summed E-state index contributed by atoms with van der Waals surface area (Å²) in [5.41, 5.74) is 5.21. The lowest BCUT2D eigenvalue weighted by Crippen LogP contribution is -2.65. The van der Waals surface area contributed by atoms with Crippen molar-refractivity contribution >= 4 is 23.8 Å². The number of carbonyl (C=O) groups is 3. The van der Waals surface area contributed by atoms with Gasteiger partial charge in [0.2, 0.25) is 5.91 Å². The van der Waals surface area contributed by atoms with Crippen LogP contribution in [0.5, 0.6) is 0 Å². The Balaban J connectivity index is 0.000000684. The van der Waals surface area contributed by atoms with Crippen LogP contribution in [0.2, 0.25) is 0 Å². The molecule has 5 atom stereocenters. The molecular weight excluding hydrogens is 384 g/mol. The van der Waals surface area contributed by atoms with Crippen molar-refractivity contribution in [2.24, 2.45) is 5.73 Å². The van der Waals surface area contributed by atoms with Crippen LogP contribution in [0, 0.1) is 5.41 Å². The van der Waals surface area contributed by atoms with E-state index in [1.807, 2.05) is 0 Å². The third-order valence-corrected chi connectivity index (χ3v) is 3.87. The number of β-amino-alcohol motifs (C(OH)–C–C–N with tert-alkyl or cyclic N) is 1. The van der Waals surface area contributed by atoms with Crippen LogP contribution in [-0.4, -0.2) is 127 Å². The van der Waals surface area contributed by atoms with E-state index in [2.05, 4.69) is 0 Å². The van der Waals surface area contributed by atoms with Gasteiger partial charge in [-0.25, -0.2) is 4.79 Å². The lowest BCUT2D eigenvalue weighted by molar-refractivity contribution is -0.166. The SMILES string of the molecule is CN(CC(=O)N1C[C@@H](O)[C@@H](O)[C@H](O)[C@H]1CO)C(=N)N.O=C(O)CC(O)C(=O)O. The predicted octanol–water partition coefficient (Wildman–Crippen LogP) is -5.00. The Hall–Kier alpha value is -2.52. The number of likely N-dealkylation sites (N-methyl/N-ethyl adjacent to an activating group) is 1. The standard InChI is InChI=1S/C10H20N4O5.C4H6O5/c1-13(10(11)12)3-7(17)14-2-6(16)9(19)8(18)5(14)4-15;5-2(4(8)9)1-3(6)7/h5-6,8-9,15-16,18-19H,2-4H2,1H3,(H3,11,12);2,5H,1H2,(H,6,7)(H,8,9)/t5-,6-,8-,9-;/m1./s1. The van der Waals surface area contributed by atoms with Gasteiger partial charge in [0, 0.05) is 13.6 Å². The average Bonchev–Trinajstić information content (AvgIpc) is 2.59. The van der Waals surface area contributed by atoms with E-state index < -0.39 is 61.3 Å². The van der Waals surface area contributed by atoms with Gasteiger partial charge in [0.15, 0.2) is 12.1 Å². The van der Waals surface area contributed by atoms with Crippen molar-refractivity contribution in [2.45, 2.75) is 36.9 Å². The Labute approximate surface area is 159 Å². The Kier molecular flexibility index (Phi) is 10.3. The molecule has 14 heteroatoms. The molecule has 0 bridgehead atoms. The summed E-state index contributed by atoms with van der Waals surface area (Å²) < 4.78 is 0. The zero-order chi connectivity index (χ0) is 22.2. The van der Waals surface area contributed by atoms with E-state index >= 15 is 0 Å². The number of aliphatic hydroxyl groups excluding tert-OH is 5. The number of rotatable bonds is 6. The molecule has 1 aliphatic heterocycles. The van der Waals surface area contributed by atoms with Gasteiger partial charge in [-0.3, -0.25) is 15.0 Å². The Morgan fingerprint density at radius 2 is 1.75 bits per heavy atom. The van der Waals surface area contributed by atoms with Crippen molar-refractivity contribution in [3.63, 3.8) is 0 Å². The molecule has 0 aromatic carbocycles. The lowest BCUT2D eigenvalue weighted by atomic mass is 9.94. The summed E-state index contributed by atoms with van der Waals surface area (Å²) in [6.45, 7) is -0.962. The first-order chi connectivity index (χ1) is 12.8. The highest BCUT2D eigenvalue weighted by atomic mass is 16.4. The molecule has 1 unspecified atom stereocenters. The summed E-state index contributed by atoms with van der Waals surface area (Å²) >= 11 is 0. The van der Waals surface area contributed by atoms with Crippen LogP contribution in [0.25, 0.3) is 0 Å².